The molecular weight excluding hydrogens is 314 g/mol. The molecule has 0 saturated heterocycles. The monoisotopic (exact) mass is 333 g/mol. The van der Waals surface area contributed by atoms with E-state index in [0.717, 1.165) is 17.0 Å². The number of amides is 2. The van der Waals surface area contributed by atoms with Gasteiger partial charge in [0, 0.05) is 11.4 Å². The highest BCUT2D eigenvalue weighted by molar-refractivity contribution is 5.99. The molecule has 3 aromatic rings. The molecule has 126 valence electrons. The van der Waals surface area contributed by atoms with Crippen LogP contribution in [0.1, 0.15) is 11.3 Å². The molecule has 1 heterocycles. The van der Waals surface area contributed by atoms with Gasteiger partial charge in [-0.2, -0.15) is 0 Å². The summed E-state index contributed by atoms with van der Waals surface area (Å²) in [6.07, 6.45) is 0. The van der Waals surface area contributed by atoms with E-state index < -0.39 is 0 Å². The molecule has 0 aliphatic rings. The minimum atomic E-state index is -0.337. The second-order valence-corrected chi connectivity index (χ2v) is 5.54. The fourth-order valence-electron chi connectivity index (χ4n) is 2.27. The van der Waals surface area contributed by atoms with Gasteiger partial charge >= 0.3 is 6.03 Å². The molecule has 2 N–H and O–H groups in total. The van der Waals surface area contributed by atoms with Gasteiger partial charge in [-0.25, -0.2) is 9.78 Å². The predicted molar refractivity (Wildman–Crippen MR) is 98.8 cm³/mol. The molecule has 25 heavy (non-hydrogen) atoms. The average Bonchev–Trinajstić information content (AvgIpc) is 2.62. The van der Waals surface area contributed by atoms with Gasteiger partial charge in [0.2, 0.25) is 0 Å². The van der Waals surface area contributed by atoms with Crippen molar-refractivity contribution >= 4 is 17.5 Å². The number of nitrogens with one attached hydrogen (secondary N) is 2. The number of ether oxygens (including phenoxy) is 1. The van der Waals surface area contributed by atoms with E-state index in [0.29, 0.717) is 18.1 Å². The zero-order valence-corrected chi connectivity index (χ0v) is 13.9. The first kappa shape index (κ1) is 16.5. The van der Waals surface area contributed by atoms with Crippen LogP contribution in [0.4, 0.5) is 16.3 Å². The Labute approximate surface area is 146 Å². The molecule has 0 spiro atoms. The maximum atomic E-state index is 12.0. The predicted octanol–water partition coefficient (Wildman–Crippen LogP) is 4.61. The lowest BCUT2D eigenvalue weighted by Crippen LogP contribution is -2.20. The third-order valence-electron chi connectivity index (χ3n) is 3.49. The summed E-state index contributed by atoms with van der Waals surface area (Å²) < 4.78 is 5.72. The number of hydrogen-bond donors (Lipinski definition) is 2. The Morgan fingerprint density at radius 1 is 0.920 bits per heavy atom. The second-order valence-electron chi connectivity index (χ2n) is 5.54. The van der Waals surface area contributed by atoms with Gasteiger partial charge in [-0.05, 0) is 48.9 Å². The molecule has 0 bridgehead atoms. The van der Waals surface area contributed by atoms with Crippen LogP contribution in [0.3, 0.4) is 0 Å². The number of hydrogen-bond acceptors (Lipinski definition) is 3. The van der Waals surface area contributed by atoms with Crippen molar-refractivity contribution in [3.63, 3.8) is 0 Å². The van der Waals surface area contributed by atoms with E-state index in [9.17, 15) is 4.79 Å². The lowest BCUT2D eigenvalue weighted by molar-refractivity contribution is 0.262. The number of urea groups is 1. The van der Waals surface area contributed by atoms with Crippen molar-refractivity contribution in [2.75, 3.05) is 10.6 Å². The summed E-state index contributed by atoms with van der Waals surface area (Å²) in [5.74, 6) is 1.26. The van der Waals surface area contributed by atoms with Gasteiger partial charge in [-0.3, -0.25) is 5.32 Å². The normalized spacial score (nSPS) is 10.1. The van der Waals surface area contributed by atoms with Crippen molar-refractivity contribution in [3.05, 3.63) is 84.1 Å². The van der Waals surface area contributed by atoms with E-state index in [2.05, 4.69) is 15.6 Å². The Balaban J connectivity index is 1.52. The van der Waals surface area contributed by atoms with E-state index >= 15 is 0 Å². The van der Waals surface area contributed by atoms with Crippen LogP contribution in [-0.2, 0) is 6.61 Å². The lowest BCUT2D eigenvalue weighted by atomic mass is 10.2. The Morgan fingerprint density at radius 3 is 2.40 bits per heavy atom. The van der Waals surface area contributed by atoms with Crippen molar-refractivity contribution < 1.29 is 9.53 Å². The van der Waals surface area contributed by atoms with Crippen molar-refractivity contribution in [3.8, 4) is 5.75 Å². The van der Waals surface area contributed by atoms with E-state index in [4.69, 9.17) is 4.74 Å². The summed E-state index contributed by atoms with van der Waals surface area (Å²) in [4.78, 5) is 16.2. The molecule has 0 saturated carbocycles. The van der Waals surface area contributed by atoms with Gasteiger partial charge in [0.05, 0.1) is 0 Å². The fourth-order valence-corrected chi connectivity index (χ4v) is 2.27. The number of nitrogens with zero attached hydrogens (tertiary/aromatic N) is 1. The van der Waals surface area contributed by atoms with Crippen LogP contribution in [0.25, 0.3) is 0 Å². The molecular formula is C20H19N3O2. The Morgan fingerprint density at radius 2 is 1.68 bits per heavy atom. The van der Waals surface area contributed by atoms with Crippen molar-refractivity contribution in [1.29, 1.82) is 0 Å². The van der Waals surface area contributed by atoms with Crippen molar-refractivity contribution in [1.82, 2.24) is 4.98 Å². The fraction of sp³-hybridized carbons (Fsp3) is 0.100. The highest BCUT2D eigenvalue weighted by Gasteiger charge is 2.04. The van der Waals surface area contributed by atoms with Gasteiger partial charge in [0.15, 0.2) is 0 Å². The number of carbonyl (C=O) groups excluding carboxylic acids is 1. The Kier molecular flexibility index (Phi) is 5.26. The minimum Gasteiger partial charge on any atom is -0.489 e. The highest BCUT2D eigenvalue weighted by atomic mass is 16.5. The number of aryl methyl sites for hydroxylation is 1. The second kappa shape index (κ2) is 7.97. The minimum absolute atomic E-state index is 0.337. The Bertz CT molecular complexity index is 833. The van der Waals surface area contributed by atoms with Gasteiger partial charge in [0.25, 0.3) is 0 Å². The average molecular weight is 333 g/mol. The maximum Gasteiger partial charge on any atom is 0.324 e. The molecule has 0 unspecified atom stereocenters. The molecule has 0 aliphatic carbocycles. The van der Waals surface area contributed by atoms with E-state index in [1.165, 1.54) is 0 Å². The quantitative estimate of drug-likeness (QED) is 0.716. The van der Waals surface area contributed by atoms with Crippen LogP contribution in [0.15, 0.2) is 72.8 Å². The molecule has 0 atom stereocenters. The summed E-state index contributed by atoms with van der Waals surface area (Å²) in [6.45, 7) is 2.38. The standard InChI is InChI=1S/C20H19N3O2/c1-15-6-5-9-19(21-15)23-20(24)22-17-10-12-18(13-11-17)25-14-16-7-3-2-4-8-16/h2-13H,14H2,1H3,(H2,21,22,23,24). The summed E-state index contributed by atoms with van der Waals surface area (Å²) >= 11 is 0. The lowest BCUT2D eigenvalue weighted by Gasteiger charge is -2.09. The largest absolute Gasteiger partial charge is 0.489 e. The van der Waals surface area contributed by atoms with Crippen LogP contribution < -0.4 is 15.4 Å². The molecule has 2 amide bonds. The molecule has 3 rings (SSSR count). The van der Waals surface area contributed by atoms with Gasteiger partial charge in [-0.15, -0.1) is 0 Å². The SMILES string of the molecule is Cc1cccc(NC(=O)Nc2ccc(OCc3ccccc3)cc2)n1. The van der Waals surface area contributed by atoms with Crippen LogP contribution in [0.2, 0.25) is 0 Å². The molecule has 0 fully saturated rings. The number of anilines is 2. The van der Waals surface area contributed by atoms with Crippen LogP contribution in [0.5, 0.6) is 5.75 Å². The molecule has 0 aliphatic heterocycles. The molecule has 5 heteroatoms. The topological polar surface area (TPSA) is 63.2 Å². The molecule has 5 nitrogen and oxygen atoms in total. The van der Waals surface area contributed by atoms with Gasteiger partial charge in [-0.1, -0.05) is 36.4 Å². The molecule has 2 aromatic carbocycles. The summed E-state index contributed by atoms with van der Waals surface area (Å²) in [7, 11) is 0. The maximum absolute atomic E-state index is 12.0. The zero-order valence-electron chi connectivity index (χ0n) is 13.9. The number of aromatic nitrogens is 1. The zero-order chi connectivity index (χ0) is 17.5. The molecule has 0 radical (unpaired) electrons. The first-order valence-corrected chi connectivity index (χ1v) is 7.97. The third-order valence-corrected chi connectivity index (χ3v) is 3.49. The number of pyridine rings is 1. The van der Waals surface area contributed by atoms with E-state index in [1.54, 1.807) is 18.2 Å². The smallest absolute Gasteiger partial charge is 0.324 e. The summed E-state index contributed by atoms with van der Waals surface area (Å²) in [5.41, 5.74) is 2.63. The number of carbonyl (C=O) groups is 1. The van der Waals surface area contributed by atoms with Crippen molar-refractivity contribution in [2.24, 2.45) is 0 Å². The van der Waals surface area contributed by atoms with E-state index in [1.807, 2.05) is 61.5 Å². The van der Waals surface area contributed by atoms with Gasteiger partial charge in [0.1, 0.15) is 18.2 Å². The Hall–Kier alpha value is -3.34. The van der Waals surface area contributed by atoms with Crippen LogP contribution >= 0.6 is 0 Å². The number of benzene rings is 2. The summed E-state index contributed by atoms with van der Waals surface area (Å²) in [6, 6.07) is 22.3. The van der Waals surface area contributed by atoms with Gasteiger partial charge < -0.3 is 10.1 Å². The third kappa shape index (κ3) is 5.07. The highest BCUT2D eigenvalue weighted by Crippen LogP contribution is 2.17. The number of rotatable bonds is 5. The van der Waals surface area contributed by atoms with Crippen LogP contribution in [-0.4, -0.2) is 11.0 Å². The van der Waals surface area contributed by atoms with E-state index in [-0.39, 0.29) is 6.03 Å². The van der Waals surface area contributed by atoms with Crippen LogP contribution in [0, 0.1) is 6.92 Å². The van der Waals surface area contributed by atoms with Crippen molar-refractivity contribution in [2.45, 2.75) is 13.5 Å². The summed E-state index contributed by atoms with van der Waals surface area (Å²) in [5, 5.41) is 5.47. The first-order chi connectivity index (χ1) is 12.2. The molecule has 1 aromatic heterocycles. The first-order valence-electron chi connectivity index (χ1n) is 7.97.